The second-order valence-electron chi connectivity index (χ2n) is 0.829. The van der Waals surface area contributed by atoms with Crippen molar-refractivity contribution in [3.8, 4) is 0 Å². The average molecular weight is 108 g/mol. The monoisotopic (exact) mass is 108 g/mol. The van der Waals surface area contributed by atoms with Gasteiger partial charge in [-0.25, -0.2) is 0 Å². The molecule has 6 heavy (non-hydrogen) atoms. The highest BCUT2D eigenvalue weighted by atomic mass is 32.1. The van der Waals surface area contributed by atoms with Gasteiger partial charge in [-0.2, -0.15) is 0 Å². The van der Waals surface area contributed by atoms with Gasteiger partial charge in [0.15, 0.2) is 5.11 Å². The van der Waals surface area contributed by atoms with E-state index < -0.39 is 0 Å². The van der Waals surface area contributed by atoms with Gasteiger partial charge in [-0.05, 0) is 12.2 Å². The lowest BCUT2D eigenvalue weighted by molar-refractivity contribution is 1.06. The zero-order valence-electron chi connectivity index (χ0n) is 3.91. The minimum atomic E-state index is 0. The highest BCUT2D eigenvalue weighted by molar-refractivity contribution is 7.80. The Balaban J connectivity index is -0.000000125. The van der Waals surface area contributed by atoms with E-state index in [-0.39, 0.29) is 2.85 Å². The third-order valence-electron chi connectivity index (χ3n) is 0.454. The SMILES string of the molecule is CNC(=S)NC.[HH].[HH]. The van der Waals surface area contributed by atoms with E-state index in [0.29, 0.717) is 5.11 Å². The highest BCUT2D eigenvalue weighted by Crippen LogP contribution is 1.52. The van der Waals surface area contributed by atoms with Crippen molar-refractivity contribution in [1.82, 2.24) is 10.6 Å². The highest BCUT2D eigenvalue weighted by Gasteiger charge is 1.75. The van der Waals surface area contributed by atoms with E-state index in [4.69, 9.17) is 0 Å². The van der Waals surface area contributed by atoms with Gasteiger partial charge in [-0.15, -0.1) is 0 Å². The fourth-order valence-corrected chi connectivity index (χ4v) is 0.125. The quantitative estimate of drug-likeness (QED) is 0.434. The lowest BCUT2D eigenvalue weighted by Crippen LogP contribution is -2.28. The smallest absolute Gasteiger partial charge is 0.165 e. The normalized spacial score (nSPS) is 7.00. The van der Waals surface area contributed by atoms with Crippen LogP contribution in [0, 0.1) is 0 Å². The maximum atomic E-state index is 4.63. The number of hydrogen-bond donors (Lipinski definition) is 2. The molecule has 0 unspecified atom stereocenters. The van der Waals surface area contributed by atoms with Crippen molar-refractivity contribution in [3.63, 3.8) is 0 Å². The summed E-state index contributed by atoms with van der Waals surface area (Å²) in [4.78, 5) is 0. The van der Waals surface area contributed by atoms with Crippen LogP contribution in [0.1, 0.15) is 2.85 Å². The number of rotatable bonds is 0. The number of nitrogens with one attached hydrogen (secondary N) is 2. The molecule has 2 N–H and O–H groups in total. The minimum absolute atomic E-state index is 0. The van der Waals surface area contributed by atoms with Crippen LogP contribution in [-0.2, 0) is 0 Å². The van der Waals surface area contributed by atoms with E-state index in [1.807, 2.05) is 0 Å². The van der Waals surface area contributed by atoms with Crippen LogP contribution < -0.4 is 10.6 Å². The van der Waals surface area contributed by atoms with E-state index in [2.05, 4.69) is 22.9 Å². The zero-order chi connectivity index (χ0) is 4.99. The molecule has 0 spiro atoms. The lowest BCUT2D eigenvalue weighted by Gasteiger charge is -1.95. The maximum Gasteiger partial charge on any atom is 0.165 e. The summed E-state index contributed by atoms with van der Waals surface area (Å²) in [6.45, 7) is 0. The molecule has 0 atom stereocenters. The Bertz CT molecular complexity index is 53.2. The van der Waals surface area contributed by atoms with Crippen molar-refractivity contribution < 1.29 is 2.85 Å². The molecule has 0 amide bonds. The Morgan fingerprint density at radius 1 is 1.50 bits per heavy atom. The Hall–Kier alpha value is -0.310. The Morgan fingerprint density at radius 2 is 1.83 bits per heavy atom. The molecule has 0 aromatic rings. The van der Waals surface area contributed by atoms with Gasteiger partial charge in [0.1, 0.15) is 0 Å². The van der Waals surface area contributed by atoms with Crippen molar-refractivity contribution in [2.24, 2.45) is 0 Å². The van der Waals surface area contributed by atoms with Crippen LogP contribution in [0.25, 0.3) is 0 Å². The van der Waals surface area contributed by atoms with E-state index in [0.717, 1.165) is 0 Å². The van der Waals surface area contributed by atoms with E-state index in [1.165, 1.54) is 0 Å². The molecule has 0 aliphatic heterocycles. The van der Waals surface area contributed by atoms with E-state index in [9.17, 15) is 0 Å². The summed E-state index contributed by atoms with van der Waals surface area (Å²) in [6.07, 6.45) is 0. The van der Waals surface area contributed by atoms with Gasteiger partial charge >= 0.3 is 0 Å². The molecule has 2 nitrogen and oxygen atoms in total. The first-order valence-corrected chi connectivity index (χ1v) is 2.11. The summed E-state index contributed by atoms with van der Waals surface area (Å²) in [5, 5.41) is 6.15. The average Bonchev–Trinajstić information content (AvgIpc) is 1.65. The van der Waals surface area contributed by atoms with Crippen LogP contribution in [0.4, 0.5) is 0 Å². The van der Waals surface area contributed by atoms with Crippen molar-refractivity contribution in [1.29, 1.82) is 0 Å². The zero-order valence-corrected chi connectivity index (χ0v) is 4.72. The molecule has 40 valence electrons. The van der Waals surface area contributed by atoms with Gasteiger partial charge in [0, 0.05) is 16.9 Å². The summed E-state index contributed by atoms with van der Waals surface area (Å²) < 4.78 is 0. The summed E-state index contributed by atoms with van der Waals surface area (Å²) in [7, 11) is 3.55. The molecular formula is C3H12N2S. The molecule has 0 aliphatic carbocycles. The second-order valence-corrected chi connectivity index (χ2v) is 1.24. The molecular weight excluding hydrogens is 96.1 g/mol. The van der Waals surface area contributed by atoms with Gasteiger partial charge < -0.3 is 10.6 Å². The van der Waals surface area contributed by atoms with Crippen LogP contribution in [0.15, 0.2) is 0 Å². The van der Waals surface area contributed by atoms with Crippen molar-refractivity contribution in [3.05, 3.63) is 0 Å². The van der Waals surface area contributed by atoms with Crippen LogP contribution in [0.5, 0.6) is 0 Å². The predicted molar refractivity (Wildman–Crippen MR) is 34.9 cm³/mol. The first kappa shape index (κ1) is 5.69. The van der Waals surface area contributed by atoms with Gasteiger partial charge in [0.2, 0.25) is 0 Å². The van der Waals surface area contributed by atoms with Gasteiger partial charge in [0.05, 0.1) is 0 Å². The van der Waals surface area contributed by atoms with E-state index in [1.54, 1.807) is 14.1 Å². The molecule has 0 rings (SSSR count). The van der Waals surface area contributed by atoms with Crippen LogP contribution in [0.2, 0.25) is 0 Å². The Labute approximate surface area is 45.9 Å². The summed E-state index contributed by atoms with van der Waals surface area (Å²) in [6, 6.07) is 0. The molecule has 3 heteroatoms. The fourth-order valence-electron chi connectivity index (χ4n) is 0.125. The molecule has 0 saturated heterocycles. The summed E-state index contributed by atoms with van der Waals surface area (Å²) in [5.74, 6) is 0. The molecule has 0 radical (unpaired) electrons. The largest absolute Gasteiger partial charge is 0.366 e. The summed E-state index contributed by atoms with van der Waals surface area (Å²) in [5.41, 5.74) is 0. The third-order valence-corrected chi connectivity index (χ3v) is 0.862. The van der Waals surface area contributed by atoms with Crippen molar-refractivity contribution >= 4 is 17.3 Å². The molecule has 0 heterocycles. The van der Waals surface area contributed by atoms with Crippen LogP contribution >= 0.6 is 12.2 Å². The van der Waals surface area contributed by atoms with Gasteiger partial charge in [0.25, 0.3) is 0 Å². The fraction of sp³-hybridized carbons (Fsp3) is 0.667. The van der Waals surface area contributed by atoms with Crippen LogP contribution in [0.3, 0.4) is 0 Å². The van der Waals surface area contributed by atoms with Gasteiger partial charge in [-0.1, -0.05) is 0 Å². The standard InChI is InChI=1S/C3H8N2S.2H2/c1-4-3(6)5-2;;/h1-2H3,(H2,4,5,6);2*1H. The Kier molecular flexibility index (Phi) is 2.75. The second kappa shape index (κ2) is 2.90. The molecule has 0 fully saturated rings. The van der Waals surface area contributed by atoms with Crippen LogP contribution in [-0.4, -0.2) is 19.2 Å². The van der Waals surface area contributed by atoms with Crippen molar-refractivity contribution in [2.75, 3.05) is 14.1 Å². The van der Waals surface area contributed by atoms with Gasteiger partial charge in [-0.3, -0.25) is 0 Å². The minimum Gasteiger partial charge on any atom is -0.366 e. The molecule has 0 aliphatic rings. The molecule has 0 aromatic carbocycles. The Morgan fingerprint density at radius 3 is 1.83 bits per heavy atom. The molecule has 0 aromatic heterocycles. The first-order valence-electron chi connectivity index (χ1n) is 1.70. The number of hydrogen-bond acceptors (Lipinski definition) is 1. The first-order chi connectivity index (χ1) is 2.81. The predicted octanol–water partition coefficient (Wildman–Crippen LogP) is 0.202. The van der Waals surface area contributed by atoms with E-state index >= 15 is 0 Å². The number of thiocarbonyl (C=S) groups is 1. The third kappa shape index (κ3) is 1.96. The topological polar surface area (TPSA) is 24.1 Å². The lowest BCUT2D eigenvalue weighted by atomic mass is 11.0. The molecule has 0 bridgehead atoms. The van der Waals surface area contributed by atoms with Crippen molar-refractivity contribution in [2.45, 2.75) is 0 Å². The molecule has 0 saturated carbocycles. The maximum absolute atomic E-state index is 4.63. The summed E-state index contributed by atoms with van der Waals surface area (Å²) >= 11 is 4.63.